The largest absolute Gasteiger partial charge is 0.344 e. The van der Waals surface area contributed by atoms with E-state index in [1.165, 1.54) is 16.1 Å². The fourth-order valence-corrected chi connectivity index (χ4v) is 3.63. The van der Waals surface area contributed by atoms with Crippen LogP contribution in [0.15, 0.2) is 53.6 Å². The van der Waals surface area contributed by atoms with Gasteiger partial charge in [0.25, 0.3) is 5.91 Å². The number of amides is 2. The van der Waals surface area contributed by atoms with Gasteiger partial charge in [0, 0.05) is 12.8 Å². The Labute approximate surface area is 152 Å². The lowest BCUT2D eigenvalue weighted by Crippen LogP contribution is -2.40. The van der Waals surface area contributed by atoms with Gasteiger partial charge >= 0.3 is 0 Å². The number of hydrazone groups is 1. The Morgan fingerprint density at radius 3 is 2.81 bits per heavy atom. The lowest BCUT2D eigenvalue weighted by molar-refractivity contribution is -0.119. The molecule has 4 rings (SSSR count). The zero-order chi connectivity index (χ0) is 18.1. The Morgan fingerprint density at radius 1 is 1.12 bits per heavy atom. The molecule has 1 unspecified atom stereocenters. The van der Waals surface area contributed by atoms with E-state index in [9.17, 15) is 9.59 Å². The summed E-state index contributed by atoms with van der Waals surface area (Å²) >= 11 is 0. The molecule has 2 aromatic carbocycles. The third-order valence-electron chi connectivity index (χ3n) is 4.98. The van der Waals surface area contributed by atoms with Gasteiger partial charge in [-0.25, -0.2) is 5.01 Å². The smallest absolute Gasteiger partial charge is 0.267 e. The summed E-state index contributed by atoms with van der Waals surface area (Å²) in [5, 5.41) is 8.81. The predicted octanol–water partition coefficient (Wildman–Crippen LogP) is 3.28. The zero-order valence-electron chi connectivity index (χ0n) is 14.7. The van der Waals surface area contributed by atoms with Crippen molar-refractivity contribution in [3.8, 4) is 0 Å². The number of carbonyl (C=O) groups excluding carboxylic acids is 2. The van der Waals surface area contributed by atoms with E-state index >= 15 is 0 Å². The summed E-state index contributed by atoms with van der Waals surface area (Å²) < 4.78 is 0. The zero-order valence-corrected chi connectivity index (χ0v) is 14.7. The highest BCUT2D eigenvalue weighted by molar-refractivity contribution is 6.40. The van der Waals surface area contributed by atoms with Crippen LogP contribution in [-0.4, -0.2) is 17.5 Å². The highest BCUT2D eigenvalue weighted by Crippen LogP contribution is 2.31. The number of aryl methyl sites for hydroxylation is 2. The maximum Gasteiger partial charge on any atom is 0.267 e. The molecule has 1 aliphatic heterocycles. The molecule has 0 aromatic heterocycles. The number of hydrogen-bond donors (Lipinski definition) is 1. The Bertz CT molecular complexity index is 904. The second kappa shape index (κ2) is 6.75. The summed E-state index contributed by atoms with van der Waals surface area (Å²) in [5.74, 6) is -0.268. The Hall–Kier alpha value is -2.95. The minimum atomic E-state index is -0.183. The molecule has 132 valence electrons. The first-order valence-corrected chi connectivity index (χ1v) is 8.97. The maximum atomic E-state index is 12.7. The van der Waals surface area contributed by atoms with Crippen LogP contribution in [0, 0.1) is 6.92 Å². The number of fused-ring (bicyclic) bond motifs is 1. The maximum absolute atomic E-state index is 12.7. The first kappa shape index (κ1) is 16.5. The van der Waals surface area contributed by atoms with Gasteiger partial charge in [0.2, 0.25) is 5.91 Å². The summed E-state index contributed by atoms with van der Waals surface area (Å²) in [7, 11) is 0. The summed E-state index contributed by atoms with van der Waals surface area (Å²) in [6.45, 7) is 1.97. The van der Waals surface area contributed by atoms with E-state index in [4.69, 9.17) is 0 Å². The number of hydrogen-bond acceptors (Lipinski definition) is 3. The Morgan fingerprint density at radius 2 is 1.96 bits per heavy atom. The minimum absolute atomic E-state index is 0.0199. The van der Waals surface area contributed by atoms with E-state index in [1.807, 2.05) is 43.3 Å². The van der Waals surface area contributed by atoms with Crippen LogP contribution in [0.5, 0.6) is 0 Å². The van der Waals surface area contributed by atoms with Gasteiger partial charge in [0.1, 0.15) is 5.71 Å². The lowest BCUT2D eigenvalue weighted by atomic mass is 10.1. The van der Waals surface area contributed by atoms with Crippen molar-refractivity contribution in [2.75, 3.05) is 5.01 Å². The molecule has 0 spiro atoms. The van der Waals surface area contributed by atoms with Crippen molar-refractivity contribution in [2.24, 2.45) is 5.10 Å². The molecular formula is C21H21N3O2. The van der Waals surface area contributed by atoms with Crippen LogP contribution in [-0.2, 0) is 16.0 Å². The lowest BCUT2D eigenvalue weighted by Gasteiger charge is -2.24. The molecule has 0 fully saturated rings. The third-order valence-corrected chi connectivity index (χ3v) is 4.98. The van der Waals surface area contributed by atoms with E-state index in [0.29, 0.717) is 24.2 Å². The molecule has 0 radical (unpaired) electrons. The average molecular weight is 347 g/mol. The second-order valence-electron chi connectivity index (χ2n) is 6.85. The van der Waals surface area contributed by atoms with E-state index in [2.05, 4.69) is 22.6 Å². The molecule has 2 aliphatic rings. The predicted molar refractivity (Wildman–Crippen MR) is 101 cm³/mol. The van der Waals surface area contributed by atoms with Gasteiger partial charge in [0.05, 0.1) is 11.7 Å². The van der Waals surface area contributed by atoms with Crippen LogP contribution < -0.4 is 10.3 Å². The number of nitrogens with one attached hydrogen (secondary N) is 1. The molecule has 0 saturated carbocycles. The first-order chi connectivity index (χ1) is 12.6. The van der Waals surface area contributed by atoms with Gasteiger partial charge in [-0.3, -0.25) is 9.59 Å². The quantitative estimate of drug-likeness (QED) is 0.926. The first-order valence-electron chi connectivity index (χ1n) is 8.97. The van der Waals surface area contributed by atoms with Crippen molar-refractivity contribution in [1.82, 2.24) is 5.32 Å². The van der Waals surface area contributed by atoms with E-state index < -0.39 is 0 Å². The molecular weight excluding hydrogens is 326 g/mol. The summed E-state index contributed by atoms with van der Waals surface area (Å²) in [5.41, 5.74) is 4.63. The molecule has 1 heterocycles. The molecule has 5 nitrogen and oxygen atoms in total. The van der Waals surface area contributed by atoms with Crippen LogP contribution in [0.1, 0.15) is 42.0 Å². The van der Waals surface area contributed by atoms with Crippen molar-refractivity contribution < 1.29 is 9.59 Å². The number of rotatable bonds is 3. The average Bonchev–Trinajstić information content (AvgIpc) is 3.05. The number of benzene rings is 2. The van der Waals surface area contributed by atoms with Gasteiger partial charge in [-0.15, -0.1) is 0 Å². The van der Waals surface area contributed by atoms with Gasteiger partial charge < -0.3 is 5.32 Å². The monoisotopic (exact) mass is 347 g/mol. The van der Waals surface area contributed by atoms with Gasteiger partial charge in [-0.05, 0) is 48.6 Å². The van der Waals surface area contributed by atoms with Crippen molar-refractivity contribution in [3.63, 3.8) is 0 Å². The van der Waals surface area contributed by atoms with E-state index in [1.54, 1.807) is 0 Å². The Kier molecular flexibility index (Phi) is 4.29. The molecule has 26 heavy (non-hydrogen) atoms. The standard InChI is InChI=1S/C21H21N3O2/c1-14-5-4-7-16(13-14)24-20(25)12-11-19(23-24)21(26)22-18-10-9-15-6-2-3-8-17(15)18/h2-8,13,18H,9-12H2,1H3,(H,22,26). The molecule has 1 atom stereocenters. The molecule has 0 bridgehead atoms. The van der Waals surface area contributed by atoms with Gasteiger partial charge in [-0.2, -0.15) is 5.10 Å². The molecule has 5 heteroatoms. The molecule has 2 amide bonds. The van der Waals surface area contributed by atoms with Crippen molar-refractivity contribution >= 4 is 23.2 Å². The minimum Gasteiger partial charge on any atom is -0.344 e. The molecule has 1 aliphatic carbocycles. The van der Waals surface area contributed by atoms with Gasteiger partial charge in [-0.1, -0.05) is 36.4 Å². The highest BCUT2D eigenvalue weighted by atomic mass is 16.2. The number of anilines is 1. The van der Waals surface area contributed by atoms with Crippen LogP contribution in [0.25, 0.3) is 0 Å². The molecule has 2 aromatic rings. The normalized spacial score (nSPS) is 19.1. The SMILES string of the molecule is Cc1cccc(N2N=C(C(=O)NC3CCc4ccccc43)CCC2=O)c1. The van der Waals surface area contributed by atoms with Crippen LogP contribution in [0.2, 0.25) is 0 Å². The van der Waals surface area contributed by atoms with E-state index in [-0.39, 0.29) is 17.9 Å². The highest BCUT2D eigenvalue weighted by Gasteiger charge is 2.29. The fourth-order valence-electron chi connectivity index (χ4n) is 3.63. The number of carbonyl (C=O) groups is 2. The summed E-state index contributed by atoms with van der Waals surface area (Å²) in [6, 6.07) is 15.8. The van der Waals surface area contributed by atoms with Crippen LogP contribution in [0.4, 0.5) is 5.69 Å². The van der Waals surface area contributed by atoms with Crippen molar-refractivity contribution in [1.29, 1.82) is 0 Å². The topological polar surface area (TPSA) is 61.8 Å². The third kappa shape index (κ3) is 3.12. The van der Waals surface area contributed by atoms with Crippen molar-refractivity contribution in [2.45, 2.75) is 38.6 Å². The Balaban J connectivity index is 1.54. The molecule has 0 saturated heterocycles. The van der Waals surface area contributed by atoms with Gasteiger partial charge in [0.15, 0.2) is 0 Å². The van der Waals surface area contributed by atoms with Crippen LogP contribution in [0.3, 0.4) is 0 Å². The second-order valence-corrected chi connectivity index (χ2v) is 6.85. The van der Waals surface area contributed by atoms with Crippen molar-refractivity contribution in [3.05, 3.63) is 65.2 Å². The van der Waals surface area contributed by atoms with Crippen LogP contribution >= 0.6 is 0 Å². The summed E-state index contributed by atoms with van der Waals surface area (Å²) in [4.78, 5) is 25.0. The number of nitrogens with zero attached hydrogens (tertiary/aromatic N) is 2. The summed E-state index contributed by atoms with van der Waals surface area (Å²) in [6.07, 6.45) is 2.54. The van der Waals surface area contributed by atoms with E-state index in [0.717, 1.165) is 18.4 Å². The fraction of sp³-hybridized carbons (Fsp3) is 0.286. The molecule has 1 N–H and O–H groups in total.